The van der Waals surface area contributed by atoms with E-state index < -0.39 is 6.04 Å². The van der Waals surface area contributed by atoms with E-state index in [0.717, 1.165) is 4.47 Å². The van der Waals surface area contributed by atoms with Gasteiger partial charge in [0.15, 0.2) is 0 Å². The van der Waals surface area contributed by atoms with E-state index in [4.69, 9.17) is 10.8 Å². The Morgan fingerprint density at radius 1 is 1.27 bits per heavy atom. The molecule has 7 heteroatoms. The first-order chi connectivity index (χ1) is 6.49. The first kappa shape index (κ1) is 15.7. The van der Waals surface area contributed by atoms with Crippen molar-refractivity contribution >= 4 is 60.2 Å². The second-order valence-electron chi connectivity index (χ2n) is 2.71. The van der Waals surface area contributed by atoms with Gasteiger partial charge in [-0.15, -0.1) is 12.4 Å². The average Bonchev–Trinajstić information content (AvgIpc) is 2.14. The van der Waals surface area contributed by atoms with Crippen molar-refractivity contribution in [1.82, 2.24) is 0 Å². The van der Waals surface area contributed by atoms with Crippen molar-refractivity contribution in [2.75, 3.05) is 6.61 Å². The summed E-state index contributed by atoms with van der Waals surface area (Å²) in [4.78, 5) is 0. The van der Waals surface area contributed by atoms with Crippen LogP contribution in [0.3, 0.4) is 0 Å². The van der Waals surface area contributed by atoms with Gasteiger partial charge in [-0.05, 0) is 37.9 Å². The predicted octanol–water partition coefficient (Wildman–Crippen LogP) is 3.09. The van der Waals surface area contributed by atoms with E-state index in [9.17, 15) is 5.11 Å². The lowest BCUT2D eigenvalue weighted by atomic mass is 10.1. The van der Waals surface area contributed by atoms with Gasteiger partial charge >= 0.3 is 0 Å². The molecule has 1 aromatic rings. The minimum absolute atomic E-state index is 0. The smallest absolute Gasteiger partial charge is 0.144 e. The fourth-order valence-electron chi connectivity index (χ4n) is 1.03. The Labute approximate surface area is 119 Å². The number of halogens is 4. The van der Waals surface area contributed by atoms with Crippen LogP contribution in [0.4, 0.5) is 0 Å². The van der Waals surface area contributed by atoms with Crippen molar-refractivity contribution in [3.05, 3.63) is 25.0 Å². The van der Waals surface area contributed by atoms with E-state index in [2.05, 4.69) is 47.8 Å². The number of benzene rings is 1. The van der Waals surface area contributed by atoms with E-state index in [1.165, 1.54) is 0 Å². The maximum atomic E-state index is 9.60. The summed E-state index contributed by atoms with van der Waals surface area (Å²) >= 11 is 9.72. The maximum Gasteiger partial charge on any atom is 0.144 e. The van der Waals surface area contributed by atoms with Gasteiger partial charge < -0.3 is 15.9 Å². The quantitative estimate of drug-likeness (QED) is 0.681. The monoisotopic (exact) mass is 423 g/mol. The second-order valence-corrected chi connectivity index (χ2v) is 5.21. The minimum Gasteiger partial charge on any atom is -0.506 e. The van der Waals surface area contributed by atoms with Crippen molar-refractivity contribution < 1.29 is 10.2 Å². The average molecular weight is 426 g/mol. The number of aliphatic hydroxyl groups excluding tert-OH is 1. The molecule has 1 aromatic carbocycles. The molecule has 1 atom stereocenters. The summed E-state index contributed by atoms with van der Waals surface area (Å²) < 4.78 is 1.78. The van der Waals surface area contributed by atoms with Crippen molar-refractivity contribution in [2.45, 2.75) is 6.04 Å². The van der Waals surface area contributed by atoms with Crippen LogP contribution in [0.25, 0.3) is 0 Å². The summed E-state index contributed by atoms with van der Waals surface area (Å²) in [6.07, 6.45) is 0. The molecular formula is C8H9Br3ClNO2. The number of rotatable bonds is 2. The molecule has 15 heavy (non-hydrogen) atoms. The molecule has 0 amide bonds. The van der Waals surface area contributed by atoms with Crippen LogP contribution in [0, 0.1) is 0 Å². The van der Waals surface area contributed by atoms with E-state index in [1.807, 2.05) is 0 Å². The Kier molecular flexibility index (Phi) is 6.70. The molecule has 4 N–H and O–H groups in total. The molecule has 0 aliphatic rings. The zero-order valence-corrected chi connectivity index (χ0v) is 13.0. The highest BCUT2D eigenvalue weighted by Crippen LogP contribution is 2.41. The van der Waals surface area contributed by atoms with E-state index in [0.29, 0.717) is 14.5 Å². The van der Waals surface area contributed by atoms with Crippen LogP contribution in [-0.2, 0) is 0 Å². The third kappa shape index (κ3) is 3.31. The largest absolute Gasteiger partial charge is 0.506 e. The Hall–Kier alpha value is 0.670. The summed E-state index contributed by atoms with van der Waals surface area (Å²) in [5.74, 6) is 0.0760. The number of hydrogen-bond acceptors (Lipinski definition) is 3. The highest BCUT2D eigenvalue weighted by molar-refractivity contribution is 9.11. The molecule has 86 valence electrons. The lowest BCUT2D eigenvalue weighted by Gasteiger charge is -2.15. The summed E-state index contributed by atoms with van der Waals surface area (Å²) in [6.45, 7) is -0.182. The normalized spacial score (nSPS) is 12.1. The first-order valence-electron chi connectivity index (χ1n) is 3.71. The lowest BCUT2D eigenvalue weighted by molar-refractivity contribution is 0.267. The second kappa shape index (κ2) is 6.42. The third-order valence-corrected chi connectivity index (χ3v) is 3.81. The van der Waals surface area contributed by atoms with Crippen LogP contribution in [0.15, 0.2) is 19.5 Å². The molecule has 1 rings (SSSR count). The van der Waals surface area contributed by atoms with Crippen LogP contribution < -0.4 is 5.73 Å². The van der Waals surface area contributed by atoms with Gasteiger partial charge in [0.2, 0.25) is 0 Å². The molecule has 0 heterocycles. The predicted molar refractivity (Wildman–Crippen MR) is 72.5 cm³/mol. The highest BCUT2D eigenvalue weighted by Gasteiger charge is 2.18. The maximum absolute atomic E-state index is 9.60. The zero-order chi connectivity index (χ0) is 10.9. The van der Waals surface area contributed by atoms with E-state index in [-0.39, 0.29) is 24.8 Å². The minimum atomic E-state index is -0.530. The van der Waals surface area contributed by atoms with Gasteiger partial charge in [0.25, 0.3) is 0 Å². The number of aromatic hydroxyl groups is 1. The summed E-state index contributed by atoms with van der Waals surface area (Å²) in [7, 11) is 0. The number of phenolic OH excluding ortho intramolecular Hbond substituents is 1. The van der Waals surface area contributed by atoms with Crippen LogP contribution in [0.2, 0.25) is 0 Å². The molecule has 0 bridgehead atoms. The topological polar surface area (TPSA) is 66.5 Å². The summed E-state index contributed by atoms with van der Waals surface area (Å²) in [6, 6.07) is 1.16. The van der Waals surface area contributed by atoms with Gasteiger partial charge in [-0.1, -0.05) is 15.9 Å². The van der Waals surface area contributed by atoms with Crippen molar-refractivity contribution in [1.29, 1.82) is 0 Å². The fourth-order valence-corrected chi connectivity index (χ4v) is 3.73. The van der Waals surface area contributed by atoms with Gasteiger partial charge in [-0.25, -0.2) is 0 Å². The third-order valence-electron chi connectivity index (χ3n) is 1.75. The molecule has 0 saturated heterocycles. The molecular weight excluding hydrogens is 417 g/mol. The molecule has 0 radical (unpaired) electrons. The SMILES string of the molecule is Cl.N[C@H](CO)c1c(Br)cc(Br)c(O)c1Br. The number of aliphatic hydroxyl groups is 1. The highest BCUT2D eigenvalue weighted by atomic mass is 79.9. The fraction of sp³-hybridized carbons (Fsp3) is 0.250. The molecule has 0 saturated carbocycles. The summed E-state index contributed by atoms with van der Waals surface area (Å²) in [5, 5.41) is 18.5. The standard InChI is InChI=1S/C8H8Br3NO2.ClH/c9-3-1-4(10)8(14)7(11)6(3)5(12)2-13;/h1,5,13-14H,2,12H2;1H/t5-;/m1./s1. The van der Waals surface area contributed by atoms with Crippen LogP contribution in [0.5, 0.6) is 5.75 Å². The van der Waals surface area contributed by atoms with Crippen LogP contribution >= 0.6 is 60.2 Å². The van der Waals surface area contributed by atoms with Gasteiger partial charge in [0.1, 0.15) is 5.75 Å². The van der Waals surface area contributed by atoms with Crippen LogP contribution in [-0.4, -0.2) is 16.8 Å². The number of hydrogen-bond donors (Lipinski definition) is 3. The van der Waals surface area contributed by atoms with Crippen molar-refractivity contribution in [2.24, 2.45) is 5.73 Å². The lowest BCUT2D eigenvalue weighted by Crippen LogP contribution is -2.15. The Balaban J connectivity index is 0.00000196. The first-order valence-corrected chi connectivity index (χ1v) is 6.09. The molecule has 0 unspecified atom stereocenters. The van der Waals surface area contributed by atoms with Gasteiger partial charge in [0, 0.05) is 10.0 Å². The van der Waals surface area contributed by atoms with Gasteiger partial charge in [0.05, 0.1) is 21.6 Å². The molecule has 0 aromatic heterocycles. The Morgan fingerprint density at radius 2 is 1.80 bits per heavy atom. The van der Waals surface area contributed by atoms with E-state index in [1.54, 1.807) is 6.07 Å². The van der Waals surface area contributed by atoms with Crippen molar-refractivity contribution in [3.63, 3.8) is 0 Å². The molecule has 0 aliphatic carbocycles. The number of nitrogens with two attached hydrogens (primary N) is 1. The molecule has 0 aliphatic heterocycles. The van der Waals surface area contributed by atoms with Crippen molar-refractivity contribution in [3.8, 4) is 5.75 Å². The molecule has 0 fully saturated rings. The van der Waals surface area contributed by atoms with Crippen LogP contribution in [0.1, 0.15) is 11.6 Å². The molecule has 3 nitrogen and oxygen atoms in total. The Morgan fingerprint density at radius 3 is 2.27 bits per heavy atom. The van der Waals surface area contributed by atoms with Gasteiger partial charge in [-0.3, -0.25) is 0 Å². The molecule has 0 spiro atoms. The Bertz CT molecular complexity index is 362. The zero-order valence-electron chi connectivity index (χ0n) is 7.38. The summed E-state index contributed by atoms with van der Waals surface area (Å²) in [5.41, 5.74) is 6.32. The van der Waals surface area contributed by atoms with Gasteiger partial charge in [-0.2, -0.15) is 0 Å². The van der Waals surface area contributed by atoms with E-state index >= 15 is 0 Å². The number of phenols is 1.